The molecular weight excluding hydrogens is 229 g/mol. The molecule has 0 saturated heterocycles. The highest BCUT2D eigenvalue weighted by Crippen LogP contribution is 2.23. The van der Waals surface area contributed by atoms with Crippen molar-refractivity contribution in [3.63, 3.8) is 0 Å². The van der Waals surface area contributed by atoms with Crippen molar-refractivity contribution in [3.8, 4) is 0 Å². The first-order valence-corrected chi connectivity index (χ1v) is 3.79. The topological polar surface area (TPSA) is 63.3 Å². The van der Waals surface area contributed by atoms with Crippen LogP contribution in [-0.4, -0.2) is 11.1 Å². The number of hydrogen-bond donors (Lipinski definition) is 2. The van der Waals surface area contributed by atoms with Gasteiger partial charge in [0.05, 0.1) is 11.3 Å². The molecule has 0 heterocycles. The maximum absolute atomic E-state index is 12.8. The lowest BCUT2D eigenvalue weighted by Gasteiger charge is -2.01. The zero-order chi connectivity index (χ0) is 9.30. The van der Waals surface area contributed by atoms with Crippen LogP contribution < -0.4 is 5.73 Å². The third-order valence-electron chi connectivity index (χ3n) is 1.33. The number of carbonyl (C=O) groups is 1. The fraction of sp³-hybridized carbons (Fsp3) is 0. The summed E-state index contributed by atoms with van der Waals surface area (Å²) < 4.78 is 13.0. The van der Waals surface area contributed by atoms with Crippen molar-refractivity contribution in [2.45, 2.75) is 0 Å². The lowest BCUT2D eigenvalue weighted by molar-refractivity contribution is 0.0696. The molecule has 1 aromatic carbocycles. The van der Waals surface area contributed by atoms with E-state index in [1.807, 2.05) is 0 Å². The van der Waals surface area contributed by atoms with Crippen LogP contribution in [0.5, 0.6) is 0 Å². The van der Waals surface area contributed by atoms with Crippen LogP contribution in [0, 0.1) is 5.82 Å². The molecule has 0 aliphatic rings. The third kappa shape index (κ3) is 1.55. The van der Waals surface area contributed by atoms with E-state index in [0.717, 1.165) is 6.07 Å². The number of nitrogens with two attached hydrogens (primary N) is 1. The lowest BCUT2D eigenvalue weighted by Crippen LogP contribution is -2.00. The lowest BCUT2D eigenvalue weighted by atomic mass is 10.2. The van der Waals surface area contributed by atoms with E-state index >= 15 is 0 Å². The Morgan fingerprint density at radius 2 is 2.17 bits per heavy atom. The molecule has 0 bridgehead atoms. The van der Waals surface area contributed by atoms with Crippen molar-refractivity contribution in [3.05, 3.63) is 28.0 Å². The molecule has 0 radical (unpaired) electrons. The number of halogens is 2. The van der Waals surface area contributed by atoms with Crippen molar-refractivity contribution >= 4 is 27.6 Å². The van der Waals surface area contributed by atoms with E-state index in [4.69, 9.17) is 10.8 Å². The van der Waals surface area contributed by atoms with Crippen molar-refractivity contribution in [2.75, 3.05) is 5.73 Å². The van der Waals surface area contributed by atoms with Gasteiger partial charge in [0.25, 0.3) is 0 Å². The number of aromatic carboxylic acids is 1. The Morgan fingerprint density at radius 3 is 2.58 bits per heavy atom. The smallest absolute Gasteiger partial charge is 0.335 e. The predicted octanol–water partition coefficient (Wildman–Crippen LogP) is 1.87. The molecule has 64 valence electrons. The van der Waals surface area contributed by atoms with Gasteiger partial charge >= 0.3 is 5.97 Å². The number of rotatable bonds is 1. The van der Waals surface area contributed by atoms with E-state index in [1.165, 1.54) is 6.07 Å². The molecule has 3 N–H and O–H groups in total. The average molecular weight is 234 g/mol. The molecule has 1 rings (SSSR count). The molecule has 0 aliphatic carbocycles. The van der Waals surface area contributed by atoms with Crippen LogP contribution in [0.25, 0.3) is 0 Å². The Hall–Kier alpha value is -1.10. The number of carboxylic acids is 1. The highest BCUT2D eigenvalue weighted by atomic mass is 79.9. The quantitative estimate of drug-likeness (QED) is 0.729. The summed E-state index contributed by atoms with van der Waals surface area (Å²) in [6.45, 7) is 0. The molecule has 0 aromatic heterocycles. The summed E-state index contributed by atoms with van der Waals surface area (Å²) in [6, 6.07) is 2.13. The SMILES string of the molecule is Nc1c(F)cc(C(=O)O)cc1Br. The summed E-state index contributed by atoms with van der Waals surface area (Å²) in [5.74, 6) is -1.92. The number of benzene rings is 1. The van der Waals surface area contributed by atoms with Crippen LogP contribution in [0.3, 0.4) is 0 Å². The maximum atomic E-state index is 12.8. The van der Waals surface area contributed by atoms with Crippen LogP contribution in [0.15, 0.2) is 16.6 Å². The first-order chi connectivity index (χ1) is 5.52. The van der Waals surface area contributed by atoms with Crippen molar-refractivity contribution in [1.29, 1.82) is 0 Å². The van der Waals surface area contributed by atoms with Gasteiger partial charge in [0.1, 0.15) is 5.82 Å². The Balaban J connectivity index is 3.31. The fourth-order valence-electron chi connectivity index (χ4n) is 0.708. The van der Waals surface area contributed by atoms with Gasteiger partial charge in [0, 0.05) is 4.47 Å². The number of nitrogen functional groups attached to an aromatic ring is 1. The molecule has 5 heteroatoms. The second-order valence-electron chi connectivity index (χ2n) is 2.16. The minimum atomic E-state index is -1.19. The van der Waals surface area contributed by atoms with E-state index in [-0.39, 0.29) is 15.7 Å². The Kier molecular flexibility index (Phi) is 2.32. The van der Waals surface area contributed by atoms with Gasteiger partial charge < -0.3 is 10.8 Å². The first kappa shape index (κ1) is 8.99. The van der Waals surface area contributed by atoms with Gasteiger partial charge in [-0.3, -0.25) is 0 Å². The number of hydrogen-bond acceptors (Lipinski definition) is 2. The van der Waals surface area contributed by atoms with Gasteiger partial charge in [-0.05, 0) is 28.1 Å². The number of anilines is 1. The van der Waals surface area contributed by atoms with Crippen LogP contribution in [-0.2, 0) is 0 Å². The molecule has 0 atom stereocenters. The highest BCUT2D eigenvalue weighted by molar-refractivity contribution is 9.10. The van der Waals surface area contributed by atoms with E-state index in [2.05, 4.69) is 15.9 Å². The van der Waals surface area contributed by atoms with Crippen LogP contribution in [0.4, 0.5) is 10.1 Å². The van der Waals surface area contributed by atoms with E-state index in [1.54, 1.807) is 0 Å². The minimum absolute atomic E-state index is 0.0833. The second kappa shape index (κ2) is 3.10. The fourth-order valence-corrected chi connectivity index (χ4v) is 1.14. The van der Waals surface area contributed by atoms with Gasteiger partial charge in [0.2, 0.25) is 0 Å². The average Bonchev–Trinajstić information content (AvgIpc) is 1.99. The van der Waals surface area contributed by atoms with E-state index in [9.17, 15) is 9.18 Å². The molecular formula is C7H5BrFNO2. The van der Waals surface area contributed by atoms with Gasteiger partial charge in [-0.1, -0.05) is 0 Å². The number of carboxylic acid groups (broad SMARTS) is 1. The standard InChI is InChI=1S/C7H5BrFNO2/c8-4-1-3(7(11)12)2-5(9)6(4)10/h1-2H,10H2,(H,11,12). The molecule has 1 aromatic rings. The van der Waals surface area contributed by atoms with Crippen LogP contribution in [0.1, 0.15) is 10.4 Å². The second-order valence-corrected chi connectivity index (χ2v) is 3.01. The largest absolute Gasteiger partial charge is 0.478 e. The van der Waals surface area contributed by atoms with E-state index in [0.29, 0.717) is 0 Å². The van der Waals surface area contributed by atoms with Crippen molar-refractivity contribution in [2.24, 2.45) is 0 Å². The summed E-state index contributed by atoms with van der Waals surface area (Å²) in [5.41, 5.74) is 5.02. The molecule has 0 amide bonds. The summed E-state index contributed by atoms with van der Waals surface area (Å²) in [5, 5.41) is 8.50. The molecule has 3 nitrogen and oxygen atoms in total. The molecule has 12 heavy (non-hydrogen) atoms. The molecule has 0 fully saturated rings. The van der Waals surface area contributed by atoms with Gasteiger partial charge in [-0.25, -0.2) is 9.18 Å². The first-order valence-electron chi connectivity index (χ1n) is 3.00. The van der Waals surface area contributed by atoms with Gasteiger partial charge in [0.15, 0.2) is 0 Å². The van der Waals surface area contributed by atoms with Crippen LogP contribution >= 0.6 is 15.9 Å². The maximum Gasteiger partial charge on any atom is 0.335 e. The Labute approximate surface area is 76.1 Å². The molecule has 0 saturated carbocycles. The molecule has 0 aliphatic heterocycles. The van der Waals surface area contributed by atoms with Gasteiger partial charge in [-0.2, -0.15) is 0 Å². The van der Waals surface area contributed by atoms with Crippen molar-refractivity contribution < 1.29 is 14.3 Å². The normalized spacial score (nSPS) is 9.83. The Bertz CT molecular complexity index is 317. The predicted molar refractivity (Wildman–Crippen MR) is 45.5 cm³/mol. The molecule has 0 spiro atoms. The van der Waals surface area contributed by atoms with Crippen molar-refractivity contribution in [1.82, 2.24) is 0 Å². The Morgan fingerprint density at radius 1 is 1.58 bits per heavy atom. The summed E-state index contributed by atoms with van der Waals surface area (Å²) in [6.07, 6.45) is 0. The summed E-state index contributed by atoms with van der Waals surface area (Å²) in [4.78, 5) is 10.4. The van der Waals surface area contributed by atoms with Gasteiger partial charge in [-0.15, -0.1) is 0 Å². The summed E-state index contributed by atoms with van der Waals surface area (Å²) in [7, 11) is 0. The molecule has 0 unspecified atom stereocenters. The van der Waals surface area contributed by atoms with Crippen LogP contribution in [0.2, 0.25) is 0 Å². The van der Waals surface area contributed by atoms with E-state index < -0.39 is 11.8 Å². The minimum Gasteiger partial charge on any atom is -0.478 e. The monoisotopic (exact) mass is 233 g/mol. The summed E-state index contributed by atoms with van der Waals surface area (Å²) >= 11 is 2.94. The zero-order valence-corrected chi connectivity index (χ0v) is 7.43. The third-order valence-corrected chi connectivity index (χ3v) is 1.98. The highest BCUT2D eigenvalue weighted by Gasteiger charge is 2.09. The zero-order valence-electron chi connectivity index (χ0n) is 5.84.